The van der Waals surface area contributed by atoms with Gasteiger partial charge in [0.05, 0.1) is 5.69 Å². The average Bonchev–Trinajstić information content (AvgIpc) is 2.75. The monoisotopic (exact) mass is 309 g/mol. The molecule has 1 aromatic heterocycles. The molecule has 0 aliphatic carbocycles. The molecule has 1 heterocycles. The Morgan fingerprint density at radius 2 is 2.05 bits per heavy atom. The molecule has 0 unspecified atom stereocenters. The minimum Gasteiger partial charge on any atom is -0.399 e. The third-order valence-electron chi connectivity index (χ3n) is 3.32. The number of nitrogens with zero attached hydrogens (tertiary/aromatic N) is 1. The van der Waals surface area contributed by atoms with Gasteiger partial charge in [-0.25, -0.2) is 0 Å². The summed E-state index contributed by atoms with van der Waals surface area (Å²) in [5, 5.41) is 6.73. The van der Waals surface area contributed by atoms with Crippen LogP contribution >= 0.6 is 12.4 Å². The van der Waals surface area contributed by atoms with E-state index in [4.69, 9.17) is 10.3 Å². The molecule has 1 amide bonds. The summed E-state index contributed by atoms with van der Waals surface area (Å²) in [4.78, 5) is 11.8. The molecule has 0 aliphatic heterocycles. The summed E-state index contributed by atoms with van der Waals surface area (Å²) in [5.41, 5.74) is 9.33. The van der Waals surface area contributed by atoms with Gasteiger partial charge in [0.2, 0.25) is 5.91 Å². The number of amides is 1. The molecule has 0 bridgehead atoms. The highest BCUT2D eigenvalue weighted by Gasteiger charge is 2.10. The summed E-state index contributed by atoms with van der Waals surface area (Å²) in [5.74, 6) is 0.739. The fraction of sp³-hybridized carbons (Fsp3) is 0.333. The number of rotatable bonds is 5. The van der Waals surface area contributed by atoms with Crippen LogP contribution in [0.1, 0.15) is 29.0 Å². The van der Waals surface area contributed by atoms with E-state index >= 15 is 0 Å². The van der Waals surface area contributed by atoms with Crippen LogP contribution in [0.25, 0.3) is 0 Å². The minimum absolute atomic E-state index is 0. The van der Waals surface area contributed by atoms with E-state index < -0.39 is 0 Å². The van der Waals surface area contributed by atoms with Gasteiger partial charge in [-0.3, -0.25) is 4.79 Å². The average molecular weight is 310 g/mol. The first-order valence-corrected chi connectivity index (χ1v) is 6.59. The fourth-order valence-electron chi connectivity index (χ4n) is 2.04. The standard InChI is InChI=1S/C15H19N3O2.ClH/c1-10-13(11(2)20-18-10)9-17-15(19)8-7-12-5-3-4-6-14(12)16;/h3-6H,7-9,16H2,1-2H3,(H,17,19);1H. The SMILES string of the molecule is Cc1noc(C)c1CNC(=O)CCc1ccccc1N.Cl. The molecule has 1 aromatic carbocycles. The summed E-state index contributed by atoms with van der Waals surface area (Å²) in [6, 6.07) is 7.60. The molecule has 6 heteroatoms. The van der Waals surface area contributed by atoms with Crippen LogP contribution in [0.2, 0.25) is 0 Å². The smallest absolute Gasteiger partial charge is 0.220 e. The van der Waals surface area contributed by atoms with E-state index in [1.165, 1.54) is 0 Å². The molecular weight excluding hydrogens is 290 g/mol. The molecular formula is C15H20ClN3O2. The second kappa shape index (κ2) is 7.69. The lowest BCUT2D eigenvalue weighted by molar-refractivity contribution is -0.121. The molecule has 21 heavy (non-hydrogen) atoms. The maximum Gasteiger partial charge on any atom is 0.220 e. The van der Waals surface area contributed by atoms with E-state index in [1.807, 2.05) is 38.1 Å². The van der Waals surface area contributed by atoms with Crippen molar-refractivity contribution in [3.63, 3.8) is 0 Å². The van der Waals surface area contributed by atoms with Crippen molar-refractivity contribution in [2.45, 2.75) is 33.2 Å². The van der Waals surface area contributed by atoms with Gasteiger partial charge in [0.15, 0.2) is 0 Å². The predicted molar refractivity (Wildman–Crippen MR) is 84.2 cm³/mol. The van der Waals surface area contributed by atoms with Crippen molar-refractivity contribution in [1.82, 2.24) is 10.5 Å². The fourth-order valence-corrected chi connectivity index (χ4v) is 2.04. The van der Waals surface area contributed by atoms with Crippen molar-refractivity contribution in [3.8, 4) is 0 Å². The molecule has 0 saturated carbocycles. The number of benzene rings is 1. The van der Waals surface area contributed by atoms with Crippen LogP contribution in [-0.4, -0.2) is 11.1 Å². The zero-order chi connectivity index (χ0) is 14.5. The quantitative estimate of drug-likeness (QED) is 0.832. The summed E-state index contributed by atoms with van der Waals surface area (Å²) in [7, 11) is 0. The maximum absolute atomic E-state index is 11.8. The van der Waals surface area contributed by atoms with Crippen LogP contribution in [0.3, 0.4) is 0 Å². The summed E-state index contributed by atoms with van der Waals surface area (Å²) < 4.78 is 5.05. The topological polar surface area (TPSA) is 81.2 Å². The van der Waals surface area contributed by atoms with Crippen LogP contribution < -0.4 is 11.1 Å². The Bertz CT molecular complexity index is 591. The van der Waals surface area contributed by atoms with Crippen LogP contribution in [-0.2, 0) is 17.8 Å². The molecule has 2 aromatic rings. The number of aromatic nitrogens is 1. The Kier molecular flexibility index (Phi) is 6.24. The van der Waals surface area contributed by atoms with Crippen LogP contribution in [0.4, 0.5) is 5.69 Å². The number of nitrogens with one attached hydrogen (secondary N) is 1. The molecule has 0 radical (unpaired) electrons. The first-order valence-electron chi connectivity index (χ1n) is 6.59. The number of carbonyl (C=O) groups is 1. The Morgan fingerprint density at radius 1 is 1.33 bits per heavy atom. The van der Waals surface area contributed by atoms with E-state index in [9.17, 15) is 4.79 Å². The Hall–Kier alpha value is -2.01. The van der Waals surface area contributed by atoms with Gasteiger partial charge in [0, 0.05) is 24.2 Å². The number of hydrogen-bond donors (Lipinski definition) is 2. The molecule has 0 aliphatic rings. The Labute approximate surface area is 130 Å². The van der Waals surface area contributed by atoms with Crippen molar-refractivity contribution < 1.29 is 9.32 Å². The molecule has 2 rings (SSSR count). The molecule has 0 saturated heterocycles. The van der Waals surface area contributed by atoms with Gasteiger partial charge in [0.1, 0.15) is 5.76 Å². The van der Waals surface area contributed by atoms with E-state index in [1.54, 1.807) is 0 Å². The van der Waals surface area contributed by atoms with Gasteiger partial charge in [-0.05, 0) is 31.9 Å². The van der Waals surface area contributed by atoms with Gasteiger partial charge in [-0.1, -0.05) is 23.4 Å². The number of hydrogen-bond acceptors (Lipinski definition) is 4. The zero-order valence-electron chi connectivity index (χ0n) is 12.2. The van der Waals surface area contributed by atoms with Crippen LogP contribution in [0, 0.1) is 13.8 Å². The highest BCUT2D eigenvalue weighted by Crippen LogP contribution is 2.13. The van der Waals surface area contributed by atoms with Crippen molar-refractivity contribution in [2.75, 3.05) is 5.73 Å². The molecule has 5 nitrogen and oxygen atoms in total. The lowest BCUT2D eigenvalue weighted by atomic mass is 10.1. The summed E-state index contributed by atoms with van der Waals surface area (Å²) in [6.07, 6.45) is 1.05. The van der Waals surface area contributed by atoms with Gasteiger partial charge >= 0.3 is 0 Å². The first-order chi connectivity index (χ1) is 9.58. The number of halogens is 1. The number of aryl methyl sites for hydroxylation is 3. The summed E-state index contributed by atoms with van der Waals surface area (Å²) >= 11 is 0. The Balaban J connectivity index is 0.00000220. The van der Waals surface area contributed by atoms with E-state index in [0.29, 0.717) is 19.4 Å². The second-order valence-electron chi connectivity index (χ2n) is 4.78. The van der Waals surface area contributed by atoms with E-state index in [0.717, 1.165) is 28.3 Å². The van der Waals surface area contributed by atoms with Crippen molar-refractivity contribution in [3.05, 3.63) is 46.8 Å². The molecule has 0 spiro atoms. The third-order valence-corrected chi connectivity index (χ3v) is 3.32. The highest BCUT2D eigenvalue weighted by atomic mass is 35.5. The van der Waals surface area contributed by atoms with Crippen LogP contribution in [0.5, 0.6) is 0 Å². The van der Waals surface area contributed by atoms with Crippen molar-refractivity contribution in [1.29, 1.82) is 0 Å². The second-order valence-corrected chi connectivity index (χ2v) is 4.78. The number of anilines is 1. The van der Waals surface area contributed by atoms with E-state index in [-0.39, 0.29) is 18.3 Å². The number of nitrogen functional groups attached to an aromatic ring is 1. The summed E-state index contributed by atoms with van der Waals surface area (Å²) in [6.45, 7) is 4.15. The minimum atomic E-state index is -0.00625. The van der Waals surface area contributed by atoms with Gasteiger partial charge in [0.25, 0.3) is 0 Å². The number of carbonyl (C=O) groups excluding carboxylic acids is 1. The van der Waals surface area contributed by atoms with Crippen molar-refractivity contribution in [2.24, 2.45) is 0 Å². The molecule has 114 valence electrons. The maximum atomic E-state index is 11.8. The van der Waals surface area contributed by atoms with Gasteiger partial charge < -0.3 is 15.6 Å². The van der Waals surface area contributed by atoms with Gasteiger partial charge in [-0.2, -0.15) is 0 Å². The predicted octanol–water partition coefficient (Wildman–Crippen LogP) is 2.54. The van der Waals surface area contributed by atoms with Crippen molar-refractivity contribution >= 4 is 24.0 Å². The molecule has 0 atom stereocenters. The zero-order valence-corrected chi connectivity index (χ0v) is 13.0. The number of para-hydroxylation sites is 1. The molecule has 0 fully saturated rings. The van der Waals surface area contributed by atoms with Gasteiger partial charge in [-0.15, -0.1) is 12.4 Å². The highest BCUT2D eigenvalue weighted by molar-refractivity contribution is 5.85. The largest absolute Gasteiger partial charge is 0.399 e. The lowest BCUT2D eigenvalue weighted by Gasteiger charge is -2.06. The van der Waals surface area contributed by atoms with Crippen LogP contribution in [0.15, 0.2) is 28.8 Å². The first kappa shape index (κ1) is 17.0. The third kappa shape index (κ3) is 4.49. The normalized spacial score (nSPS) is 10.0. The Morgan fingerprint density at radius 3 is 2.67 bits per heavy atom. The van der Waals surface area contributed by atoms with E-state index in [2.05, 4.69) is 10.5 Å². The lowest BCUT2D eigenvalue weighted by Crippen LogP contribution is -2.23. The number of nitrogens with two attached hydrogens (primary N) is 1. The molecule has 3 N–H and O–H groups in total.